The van der Waals surface area contributed by atoms with Gasteiger partial charge in [0.2, 0.25) is 11.4 Å². The van der Waals surface area contributed by atoms with Gasteiger partial charge in [0.25, 0.3) is 10.2 Å². The third-order valence-corrected chi connectivity index (χ3v) is 12.4. The van der Waals surface area contributed by atoms with Gasteiger partial charge in [-0.2, -0.15) is 0 Å². The number of halogens is 1. The van der Waals surface area contributed by atoms with Crippen molar-refractivity contribution >= 4 is 29.7 Å². The fourth-order valence-corrected chi connectivity index (χ4v) is 9.55. The van der Waals surface area contributed by atoms with Crippen molar-refractivity contribution in [1.29, 1.82) is 0 Å². The smallest absolute Gasteiger partial charge is 0.465 e. The number of ether oxygens (including phenoxy) is 4. The fraction of sp³-hybridized carbons (Fsp3) is 0.615. The lowest BCUT2D eigenvalue weighted by atomic mass is 9.44. The number of aliphatic hydroxyl groups excluding tert-OH is 2. The highest BCUT2D eigenvalue weighted by Crippen LogP contribution is 2.70. The SMILES string of the molecule is C[C@]12C=CC(=O)C=C1CCC1C3C[C@@H](O)[C@](OC(=O)CCCO[N+](=O)[O-])(C(=O)COC(=O)Oc4ccc(C[C@@H](N)C(=O)OCCCCO[N+](=O)[O-])cc4)[C@@]3(C)C[C@H](O)[C@@]12F. The topological polar surface area (TPSA) is 293 Å². The molecule has 328 valence electrons. The maximum absolute atomic E-state index is 17.7. The van der Waals surface area contributed by atoms with Crippen LogP contribution in [0.4, 0.5) is 9.18 Å². The highest BCUT2D eigenvalue weighted by atomic mass is 19.1. The lowest BCUT2D eigenvalue weighted by Crippen LogP contribution is -2.70. The van der Waals surface area contributed by atoms with Crippen LogP contribution in [0.3, 0.4) is 0 Å². The Morgan fingerprint density at radius 2 is 1.60 bits per heavy atom. The van der Waals surface area contributed by atoms with Crippen LogP contribution in [0, 0.1) is 42.9 Å². The molecule has 20 nitrogen and oxygen atoms in total. The largest absolute Gasteiger partial charge is 0.514 e. The Morgan fingerprint density at radius 1 is 0.950 bits per heavy atom. The van der Waals surface area contributed by atoms with E-state index in [1.54, 1.807) is 6.92 Å². The number of ketones is 2. The number of Topliss-reactive ketones (excluding diaryl/α,β-unsaturated/α-hetero) is 1. The van der Waals surface area contributed by atoms with Crippen molar-refractivity contribution in [1.82, 2.24) is 0 Å². The first-order chi connectivity index (χ1) is 28.3. The Hall–Kier alpha value is -5.54. The molecule has 9 atom stereocenters. The Kier molecular flexibility index (Phi) is 14.0. The van der Waals surface area contributed by atoms with E-state index in [1.165, 1.54) is 49.4 Å². The first-order valence-corrected chi connectivity index (χ1v) is 19.4. The number of nitrogens with two attached hydrogens (primary N) is 1. The van der Waals surface area contributed by atoms with Gasteiger partial charge < -0.3 is 44.6 Å². The van der Waals surface area contributed by atoms with E-state index in [0.717, 1.165) is 0 Å². The molecule has 0 heterocycles. The minimum atomic E-state index is -2.48. The molecule has 3 fully saturated rings. The van der Waals surface area contributed by atoms with Crippen LogP contribution in [0.1, 0.15) is 70.8 Å². The molecular weight excluding hydrogens is 801 g/mol. The number of unbranched alkanes of at least 4 members (excludes halogenated alkanes) is 1. The van der Waals surface area contributed by atoms with Crippen LogP contribution in [0.15, 0.2) is 48.1 Å². The average molecular weight is 850 g/mol. The molecule has 1 aromatic carbocycles. The number of rotatable bonds is 19. The zero-order chi connectivity index (χ0) is 44.0. The van der Waals surface area contributed by atoms with Crippen LogP contribution in [-0.4, -0.2) is 106 Å². The van der Waals surface area contributed by atoms with Gasteiger partial charge in [-0.1, -0.05) is 30.7 Å². The molecule has 4 aliphatic rings. The van der Waals surface area contributed by atoms with Crippen molar-refractivity contribution in [2.45, 2.75) is 101 Å². The Labute approximate surface area is 342 Å². The normalized spacial score (nSPS) is 30.6. The van der Waals surface area contributed by atoms with Crippen LogP contribution in [0.5, 0.6) is 5.75 Å². The van der Waals surface area contributed by atoms with E-state index in [4.69, 9.17) is 24.7 Å². The number of fused-ring (bicyclic) bond motifs is 5. The molecule has 0 radical (unpaired) electrons. The molecule has 4 N–H and O–H groups in total. The van der Waals surface area contributed by atoms with Gasteiger partial charge >= 0.3 is 18.1 Å². The maximum atomic E-state index is 17.7. The molecule has 60 heavy (non-hydrogen) atoms. The van der Waals surface area contributed by atoms with Crippen molar-refractivity contribution in [2.24, 2.45) is 28.4 Å². The van der Waals surface area contributed by atoms with Gasteiger partial charge in [0, 0.05) is 23.2 Å². The lowest BCUT2D eigenvalue weighted by Gasteiger charge is -2.62. The molecule has 4 aliphatic carbocycles. The number of esters is 2. The van der Waals surface area contributed by atoms with Crippen molar-refractivity contribution < 1.29 is 77.4 Å². The number of hydrogen-bond acceptors (Lipinski definition) is 18. The molecule has 0 aliphatic heterocycles. The summed E-state index contributed by atoms with van der Waals surface area (Å²) in [4.78, 5) is 94.3. The van der Waals surface area contributed by atoms with Crippen LogP contribution in [0.25, 0.3) is 0 Å². The standard InChI is InChI=1S/C39H48FN3O17/c1-36-14-13-25(44)19-24(36)9-12-27-28-20-30(45)39(37(28,2)21-31(46)38(27,36)40,60-33(48)6-5-17-58-43(53)54)32(47)22-56-35(50)59-26-10-7-23(8-11-26)18-29(41)34(49)55-15-3-4-16-57-42(51)52/h7-8,10-11,13-14,19,27-31,45-46H,3-6,9,12,15-18,20-22,41H2,1-2H3/t27?,28?,29-,30-,31+,36+,37+,38+,39+/m1/s1. The summed E-state index contributed by atoms with van der Waals surface area (Å²) in [5, 5.41) is 42.4. The summed E-state index contributed by atoms with van der Waals surface area (Å²) < 4.78 is 39.0. The van der Waals surface area contributed by atoms with E-state index >= 15 is 4.39 Å². The van der Waals surface area contributed by atoms with Gasteiger partial charge in [0.1, 0.15) is 17.9 Å². The summed E-state index contributed by atoms with van der Waals surface area (Å²) in [7, 11) is 0. The number of benzene rings is 1. The van der Waals surface area contributed by atoms with Gasteiger partial charge in [-0.25, -0.2) is 9.18 Å². The predicted molar refractivity (Wildman–Crippen MR) is 199 cm³/mol. The number of aliphatic hydroxyl groups is 2. The van der Waals surface area contributed by atoms with Crippen LogP contribution < -0.4 is 10.5 Å². The maximum Gasteiger partial charge on any atom is 0.514 e. The summed E-state index contributed by atoms with van der Waals surface area (Å²) >= 11 is 0. The Balaban J connectivity index is 1.27. The zero-order valence-corrected chi connectivity index (χ0v) is 33.0. The van der Waals surface area contributed by atoms with E-state index in [1.807, 2.05) is 0 Å². The van der Waals surface area contributed by atoms with Gasteiger partial charge in [-0.15, -0.1) is 20.2 Å². The minimum absolute atomic E-state index is 0.0184. The number of hydrogen-bond donors (Lipinski definition) is 3. The van der Waals surface area contributed by atoms with Gasteiger partial charge in [0.05, 0.1) is 25.9 Å². The second-order valence-corrected chi connectivity index (χ2v) is 15.8. The molecule has 0 saturated heterocycles. The molecule has 21 heteroatoms. The molecule has 1 aromatic rings. The molecule has 0 aromatic heterocycles. The van der Waals surface area contributed by atoms with E-state index in [9.17, 15) is 54.4 Å². The number of allylic oxidation sites excluding steroid dienone is 4. The van der Waals surface area contributed by atoms with Crippen molar-refractivity contribution in [2.75, 3.05) is 26.4 Å². The summed E-state index contributed by atoms with van der Waals surface area (Å²) in [6.45, 7) is 1.35. The molecular formula is C39H48FN3O17. The highest BCUT2D eigenvalue weighted by Gasteiger charge is 2.78. The van der Waals surface area contributed by atoms with E-state index < -0.39 is 112 Å². The molecule has 0 amide bonds. The van der Waals surface area contributed by atoms with E-state index in [0.29, 0.717) is 17.6 Å². The second kappa shape index (κ2) is 18.4. The molecule has 3 saturated carbocycles. The van der Waals surface area contributed by atoms with E-state index in [2.05, 4.69) is 9.68 Å². The fourth-order valence-electron chi connectivity index (χ4n) is 9.55. The Bertz CT molecular complexity index is 1910. The summed E-state index contributed by atoms with van der Waals surface area (Å²) in [5.41, 5.74) is -0.876. The molecule has 2 unspecified atom stereocenters. The van der Waals surface area contributed by atoms with Crippen molar-refractivity contribution in [3.63, 3.8) is 0 Å². The zero-order valence-electron chi connectivity index (χ0n) is 33.0. The minimum Gasteiger partial charge on any atom is -0.465 e. The monoisotopic (exact) mass is 849 g/mol. The summed E-state index contributed by atoms with van der Waals surface area (Å²) in [5.74, 6) is -5.08. The lowest BCUT2D eigenvalue weighted by molar-refractivity contribution is -0.757. The van der Waals surface area contributed by atoms with Gasteiger partial charge in [-0.3, -0.25) is 19.2 Å². The van der Waals surface area contributed by atoms with Crippen LogP contribution in [-0.2, 0) is 49.5 Å². The number of carbonyl (C=O) groups excluding carboxylic acids is 5. The quantitative estimate of drug-likeness (QED) is 0.0450. The van der Waals surface area contributed by atoms with Crippen molar-refractivity contribution in [3.05, 3.63) is 73.9 Å². The average Bonchev–Trinajstić information content (AvgIpc) is 3.40. The Morgan fingerprint density at radius 3 is 2.27 bits per heavy atom. The molecule has 0 bridgehead atoms. The van der Waals surface area contributed by atoms with Crippen LogP contribution in [0.2, 0.25) is 0 Å². The highest BCUT2D eigenvalue weighted by molar-refractivity contribution is 6.01. The van der Waals surface area contributed by atoms with E-state index in [-0.39, 0.29) is 63.3 Å². The molecule has 0 spiro atoms. The van der Waals surface area contributed by atoms with Gasteiger partial charge in [-0.05, 0) is 94.1 Å². The number of nitrogens with zero attached hydrogens (tertiary/aromatic N) is 2. The first kappa shape index (κ1) is 45.5. The first-order valence-electron chi connectivity index (χ1n) is 19.4. The van der Waals surface area contributed by atoms with Crippen molar-refractivity contribution in [3.8, 4) is 5.75 Å². The second-order valence-electron chi connectivity index (χ2n) is 15.8. The third kappa shape index (κ3) is 8.97. The van der Waals surface area contributed by atoms with Gasteiger partial charge in [0.15, 0.2) is 18.1 Å². The number of carbonyl (C=O) groups is 5. The van der Waals surface area contributed by atoms with Crippen LogP contribution >= 0.6 is 0 Å². The molecule has 5 rings (SSSR count). The number of alkyl halides is 1. The third-order valence-electron chi connectivity index (χ3n) is 12.4. The summed E-state index contributed by atoms with van der Waals surface area (Å²) in [6, 6.07) is 4.67. The predicted octanol–water partition coefficient (Wildman–Crippen LogP) is 2.78. The summed E-state index contributed by atoms with van der Waals surface area (Å²) in [6.07, 6.45) is -1.28.